The molecular formula is C7H13NO2S. The molecule has 2 fully saturated rings. The first-order valence-corrected chi connectivity index (χ1v) is 5.82. The quantitative estimate of drug-likeness (QED) is 0.560. The molecule has 1 saturated carbocycles. The Hall–Kier alpha value is -0.0900. The van der Waals surface area contributed by atoms with Gasteiger partial charge in [-0.1, -0.05) is 0 Å². The molecule has 2 N–H and O–H groups in total. The highest BCUT2D eigenvalue weighted by atomic mass is 32.2. The Labute approximate surface area is 66.9 Å². The molecule has 0 aromatic heterocycles. The third-order valence-corrected chi connectivity index (χ3v) is 4.82. The fourth-order valence-corrected chi connectivity index (χ4v) is 4.14. The van der Waals surface area contributed by atoms with Crippen molar-refractivity contribution in [2.45, 2.75) is 25.3 Å². The molecular weight excluding hydrogens is 162 g/mol. The molecule has 0 radical (unpaired) electrons. The van der Waals surface area contributed by atoms with Gasteiger partial charge < -0.3 is 5.73 Å². The molecule has 1 saturated heterocycles. The van der Waals surface area contributed by atoms with E-state index in [1.165, 1.54) is 0 Å². The molecule has 0 aromatic carbocycles. The fourth-order valence-electron chi connectivity index (χ4n) is 2.06. The molecule has 2 rings (SSSR count). The Kier molecular flexibility index (Phi) is 1.36. The summed E-state index contributed by atoms with van der Waals surface area (Å²) < 4.78 is 22.4. The summed E-state index contributed by atoms with van der Waals surface area (Å²) in [4.78, 5) is 0. The molecule has 1 aliphatic carbocycles. The minimum absolute atomic E-state index is 0.0110. The van der Waals surface area contributed by atoms with E-state index in [1.54, 1.807) is 0 Å². The summed E-state index contributed by atoms with van der Waals surface area (Å²) in [5.41, 5.74) is 5.70. The Morgan fingerprint density at radius 2 is 2.09 bits per heavy atom. The molecule has 11 heavy (non-hydrogen) atoms. The Balaban J connectivity index is 2.18. The van der Waals surface area contributed by atoms with Crippen LogP contribution in [0.3, 0.4) is 0 Å². The molecule has 1 heterocycles. The number of nitrogens with two attached hydrogens (primary N) is 1. The molecule has 2 unspecified atom stereocenters. The molecule has 0 amide bonds. The van der Waals surface area contributed by atoms with Gasteiger partial charge in [0.2, 0.25) is 0 Å². The lowest BCUT2D eigenvalue weighted by atomic mass is 10.0. The number of rotatable bonds is 0. The molecule has 0 aromatic rings. The lowest BCUT2D eigenvalue weighted by Crippen LogP contribution is -2.30. The van der Waals surface area contributed by atoms with Crippen LogP contribution in [0.5, 0.6) is 0 Å². The van der Waals surface area contributed by atoms with Crippen molar-refractivity contribution < 1.29 is 8.42 Å². The Morgan fingerprint density at radius 1 is 1.45 bits per heavy atom. The van der Waals surface area contributed by atoms with E-state index in [2.05, 4.69) is 0 Å². The van der Waals surface area contributed by atoms with Crippen LogP contribution < -0.4 is 5.73 Å². The second kappa shape index (κ2) is 1.98. The Morgan fingerprint density at radius 3 is 2.45 bits per heavy atom. The van der Waals surface area contributed by atoms with Gasteiger partial charge >= 0.3 is 0 Å². The number of hydrogen-bond donors (Lipinski definition) is 1. The van der Waals surface area contributed by atoms with Crippen LogP contribution in [0.25, 0.3) is 0 Å². The summed E-state index contributed by atoms with van der Waals surface area (Å²) >= 11 is 0. The van der Waals surface area contributed by atoms with Gasteiger partial charge in [0, 0.05) is 11.5 Å². The molecule has 1 spiro atoms. The average molecular weight is 175 g/mol. The predicted octanol–water partition coefficient (Wildman–Crippen LogP) is -0.0876. The zero-order valence-electron chi connectivity index (χ0n) is 6.41. The van der Waals surface area contributed by atoms with Gasteiger partial charge in [-0.2, -0.15) is 0 Å². The normalized spacial score (nSPS) is 47.5. The van der Waals surface area contributed by atoms with E-state index in [-0.39, 0.29) is 11.5 Å². The van der Waals surface area contributed by atoms with Gasteiger partial charge in [0.05, 0.1) is 11.5 Å². The summed E-state index contributed by atoms with van der Waals surface area (Å²) in [6, 6.07) is 0.164. The highest BCUT2D eigenvalue weighted by Crippen LogP contribution is 2.51. The molecule has 2 aliphatic rings. The first-order valence-electron chi connectivity index (χ1n) is 4.00. The highest BCUT2D eigenvalue weighted by molar-refractivity contribution is 7.91. The maximum Gasteiger partial charge on any atom is 0.150 e. The number of hydrogen-bond acceptors (Lipinski definition) is 3. The van der Waals surface area contributed by atoms with Gasteiger partial charge in [-0.05, 0) is 19.3 Å². The largest absolute Gasteiger partial charge is 0.327 e. The summed E-state index contributed by atoms with van der Waals surface area (Å²) in [5.74, 6) is 0.725. The van der Waals surface area contributed by atoms with Crippen LogP contribution in [0.4, 0.5) is 0 Å². The van der Waals surface area contributed by atoms with Gasteiger partial charge in [0.15, 0.2) is 9.84 Å². The summed E-state index contributed by atoms with van der Waals surface area (Å²) in [5, 5.41) is 0. The lowest BCUT2D eigenvalue weighted by molar-refractivity contribution is 0.457. The van der Waals surface area contributed by atoms with Crippen molar-refractivity contribution >= 4 is 9.84 Å². The maximum atomic E-state index is 11.2. The van der Waals surface area contributed by atoms with Crippen molar-refractivity contribution in [3.8, 4) is 0 Å². The third kappa shape index (κ3) is 1.18. The van der Waals surface area contributed by atoms with E-state index in [0.717, 1.165) is 19.3 Å². The summed E-state index contributed by atoms with van der Waals surface area (Å²) in [6.07, 6.45) is 2.76. The van der Waals surface area contributed by atoms with Crippen LogP contribution in [0.1, 0.15) is 19.3 Å². The van der Waals surface area contributed by atoms with Gasteiger partial charge in [0.1, 0.15) is 0 Å². The zero-order chi connectivity index (χ0) is 8.11. The van der Waals surface area contributed by atoms with Crippen LogP contribution in [0.15, 0.2) is 0 Å². The van der Waals surface area contributed by atoms with E-state index >= 15 is 0 Å². The van der Waals surface area contributed by atoms with Crippen molar-refractivity contribution in [2.24, 2.45) is 11.1 Å². The van der Waals surface area contributed by atoms with Gasteiger partial charge in [-0.25, -0.2) is 8.42 Å². The second-order valence-electron chi connectivity index (χ2n) is 3.87. The third-order valence-electron chi connectivity index (χ3n) is 2.89. The monoisotopic (exact) mass is 175 g/mol. The van der Waals surface area contributed by atoms with E-state index in [0.29, 0.717) is 11.5 Å². The van der Waals surface area contributed by atoms with Crippen LogP contribution in [-0.2, 0) is 9.84 Å². The van der Waals surface area contributed by atoms with E-state index in [4.69, 9.17) is 5.73 Å². The first kappa shape index (κ1) is 7.55. The minimum Gasteiger partial charge on any atom is -0.327 e. The predicted molar refractivity (Wildman–Crippen MR) is 42.9 cm³/mol. The van der Waals surface area contributed by atoms with Gasteiger partial charge in [0.25, 0.3) is 0 Å². The van der Waals surface area contributed by atoms with Gasteiger partial charge in [-0.15, -0.1) is 0 Å². The van der Waals surface area contributed by atoms with E-state index in [9.17, 15) is 8.42 Å². The smallest absolute Gasteiger partial charge is 0.150 e. The standard InChI is InChI=1S/C7H13NO2S/c8-6-4-7(6)2-1-3-11(9,10)5-7/h6H,1-5,8H2. The SMILES string of the molecule is NC1CC12CCCS(=O)(=O)C2. The number of sulfone groups is 1. The van der Waals surface area contributed by atoms with Crippen molar-refractivity contribution in [1.29, 1.82) is 0 Å². The molecule has 0 bridgehead atoms. The first-order chi connectivity index (χ1) is 5.04. The van der Waals surface area contributed by atoms with E-state index in [1.807, 2.05) is 0 Å². The van der Waals surface area contributed by atoms with Crippen LogP contribution in [0, 0.1) is 5.41 Å². The van der Waals surface area contributed by atoms with E-state index < -0.39 is 9.84 Å². The van der Waals surface area contributed by atoms with Crippen LogP contribution >= 0.6 is 0 Å². The maximum absolute atomic E-state index is 11.2. The highest BCUT2D eigenvalue weighted by Gasteiger charge is 2.55. The second-order valence-corrected chi connectivity index (χ2v) is 6.05. The molecule has 4 heteroatoms. The molecule has 2 atom stereocenters. The minimum atomic E-state index is -2.74. The van der Waals surface area contributed by atoms with Crippen molar-refractivity contribution in [3.05, 3.63) is 0 Å². The molecule has 1 aliphatic heterocycles. The van der Waals surface area contributed by atoms with Crippen molar-refractivity contribution in [2.75, 3.05) is 11.5 Å². The summed E-state index contributed by atoms with van der Waals surface area (Å²) in [7, 11) is -2.74. The van der Waals surface area contributed by atoms with Crippen molar-refractivity contribution in [1.82, 2.24) is 0 Å². The zero-order valence-corrected chi connectivity index (χ0v) is 7.23. The average Bonchev–Trinajstić information content (AvgIpc) is 2.38. The Bertz CT molecular complexity index is 272. The molecule has 3 nitrogen and oxygen atoms in total. The lowest BCUT2D eigenvalue weighted by Gasteiger charge is -2.21. The topological polar surface area (TPSA) is 60.2 Å². The molecule has 64 valence electrons. The van der Waals surface area contributed by atoms with Crippen LogP contribution in [0.2, 0.25) is 0 Å². The van der Waals surface area contributed by atoms with Crippen molar-refractivity contribution in [3.63, 3.8) is 0 Å². The summed E-state index contributed by atoms with van der Waals surface area (Å²) in [6.45, 7) is 0. The fraction of sp³-hybridized carbons (Fsp3) is 1.00. The van der Waals surface area contributed by atoms with Gasteiger partial charge in [-0.3, -0.25) is 0 Å². The van der Waals surface area contributed by atoms with Crippen LogP contribution in [-0.4, -0.2) is 26.0 Å².